The Balaban J connectivity index is 1.14. The molecule has 9 nitrogen and oxygen atoms in total. The van der Waals surface area contributed by atoms with Crippen molar-refractivity contribution in [2.45, 2.75) is 36.9 Å². The summed E-state index contributed by atoms with van der Waals surface area (Å²) in [4.78, 5) is 36.4. The van der Waals surface area contributed by atoms with E-state index in [1.165, 1.54) is 11.8 Å². The first kappa shape index (κ1) is 22.5. The number of hydrogen-bond acceptors (Lipinski definition) is 8. The molecule has 1 fully saturated rings. The number of anilines is 1. The van der Waals surface area contributed by atoms with Gasteiger partial charge in [0.15, 0.2) is 0 Å². The number of piperidine rings is 1. The molecular weight excluding hydrogens is 450 g/mol. The highest BCUT2D eigenvalue weighted by atomic mass is 32.2. The molecule has 0 unspecified atom stereocenters. The Morgan fingerprint density at radius 2 is 1.91 bits per heavy atom. The second-order valence-corrected chi connectivity index (χ2v) is 9.54. The number of carbonyl (C=O) groups excluding carboxylic acids is 1. The van der Waals surface area contributed by atoms with Gasteiger partial charge in [-0.3, -0.25) is 14.2 Å². The van der Waals surface area contributed by atoms with Gasteiger partial charge in [0.2, 0.25) is 5.91 Å². The zero-order chi connectivity index (χ0) is 23.5. The molecule has 3 aromatic heterocycles. The van der Waals surface area contributed by atoms with Crippen LogP contribution in [0.1, 0.15) is 24.2 Å². The van der Waals surface area contributed by atoms with Crippen LogP contribution in [0.3, 0.4) is 0 Å². The number of nitrogens with one attached hydrogen (secondary N) is 2. The summed E-state index contributed by atoms with van der Waals surface area (Å²) in [5.41, 5.74) is 1.70. The minimum Gasteiger partial charge on any atom is -0.309 e. The van der Waals surface area contributed by atoms with Gasteiger partial charge in [0, 0.05) is 37.1 Å². The first-order chi connectivity index (χ1) is 16.6. The molecule has 0 aliphatic carbocycles. The number of amides is 1. The second-order valence-electron chi connectivity index (χ2n) is 8.53. The third kappa shape index (κ3) is 4.97. The van der Waals surface area contributed by atoms with Crippen LogP contribution >= 0.6 is 11.8 Å². The van der Waals surface area contributed by atoms with E-state index in [0.29, 0.717) is 42.0 Å². The zero-order valence-electron chi connectivity index (χ0n) is 18.7. The fraction of sp³-hybridized carbons (Fsp3) is 0.375. The molecule has 2 N–H and O–H groups in total. The maximum absolute atomic E-state index is 12.5. The lowest BCUT2D eigenvalue weighted by molar-refractivity contribution is -0.113. The smallest absolute Gasteiger partial charge is 0.252 e. The van der Waals surface area contributed by atoms with Crippen LogP contribution in [0.5, 0.6) is 0 Å². The van der Waals surface area contributed by atoms with Crippen molar-refractivity contribution in [3.8, 4) is 6.07 Å². The number of likely N-dealkylation sites (tertiary alicyclic amines) is 1. The number of carbonyl (C=O) groups is 1. The first-order valence-corrected chi connectivity index (χ1v) is 12.4. The zero-order valence-corrected chi connectivity index (χ0v) is 19.5. The lowest BCUT2D eigenvalue weighted by Crippen LogP contribution is -2.43. The standard InChI is InChI=1S/C24H25N7O2S/c25-13-18-3-1-16-2-6-22(33)31(24(16)28-18)12-11-30-9-7-17(8-10-30)26-14-19-4-5-20-23(27-19)29-21(32)15-34-20/h1-6,17,26H,7-12,14-15H2,(H,27,29,32). The molecule has 0 atom stereocenters. The predicted molar refractivity (Wildman–Crippen MR) is 131 cm³/mol. The monoisotopic (exact) mass is 475 g/mol. The number of fused-ring (bicyclic) bond motifs is 2. The third-order valence-corrected chi connectivity index (χ3v) is 7.33. The molecule has 0 bridgehead atoms. The van der Waals surface area contributed by atoms with Gasteiger partial charge < -0.3 is 15.5 Å². The van der Waals surface area contributed by atoms with Crippen LogP contribution in [0.15, 0.2) is 46.1 Å². The molecule has 1 saturated heterocycles. The van der Waals surface area contributed by atoms with Crippen LogP contribution in [-0.4, -0.2) is 56.8 Å². The molecule has 0 radical (unpaired) electrons. The number of nitriles is 1. The molecule has 10 heteroatoms. The average Bonchev–Trinajstić information content (AvgIpc) is 2.87. The highest BCUT2D eigenvalue weighted by Gasteiger charge is 2.20. The first-order valence-electron chi connectivity index (χ1n) is 11.4. The summed E-state index contributed by atoms with van der Waals surface area (Å²) in [5, 5.41) is 16.5. The molecule has 5 rings (SSSR count). The second kappa shape index (κ2) is 9.93. The van der Waals surface area contributed by atoms with Crippen molar-refractivity contribution in [1.82, 2.24) is 24.8 Å². The summed E-state index contributed by atoms with van der Waals surface area (Å²) in [5.74, 6) is 1.10. The Morgan fingerprint density at radius 3 is 2.74 bits per heavy atom. The molecule has 174 valence electrons. The number of pyridine rings is 3. The number of rotatable bonds is 6. The van der Waals surface area contributed by atoms with Crippen LogP contribution in [0.2, 0.25) is 0 Å². The Labute approximate surface area is 201 Å². The molecule has 2 aliphatic rings. The molecule has 0 spiro atoms. The largest absolute Gasteiger partial charge is 0.309 e. The van der Waals surface area contributed by atoms with Gasteiger partial charge in [-0.1, -0.05) is 0 Å². The van der Waals surface area contributed by atoms with Crippen molar-refractivity contribution in [1.29, 1.82) is 5.26 Å². The molecular formula is C24H25N7O2S. The summed E-state index contributed by atoms with van der Waals surface area (Å²) in [6.45, 7) is 3.85. The van der Waals surface area contributed by atoms with Gasteiger partial charge >= 0.3 is 0 Å². The summed E-state index contributed by atoms with van der Waals surface area (Å²) < 4.78 is 1.67. The Morgan fingerprint density at radius 1 is 1.09 bits per heavy atom. The maximum atomic E-state index is 12.5. The Bertz CT molecular complexity index is 1330. The average molecular weight is 476 g/mol. The van der Waals surface area contributed by atoms with Crippen molar-refractivity contribution in [2.75, 3.05) is 30.7 Å². The van der Waals surface area contributed by atoms with Crippen LogP contribution in [-0.2, 0) is 17.9 Å². The summed E-state index contributed by atoms with van der Waals surface area (Å²) in [6, 6.07) is 13.3. The Hall–Kier alpha value is -3.26. The summed E-state index contributed by atoms with van der Waals surface area (Å²) in [6.07, 6.45) is 2.03. The number of aromatic nitrogens is 3. The highest BCUT2D eigenvalue weighted by molar-refractivity contribution is 8.00. The van der Waals surface area contributed by atoms with E-state index in [1.807, 2.05) is 24.3 Å². The molecule has 0 aromatic carbocycles. The molecule has 1 amide bonds. The van der Waals surface area contributed by atoms with Gasteiger partial charge in [-0.2, -0.15) is 5.26 Å². The van der Waals surface area contributed by atoms with Gasteiger partial charge in [0.05, 0.1) is 16.3 Å². The minimum atomic E-state index is -0.0984. The quantitative estimate of drug-likeness (QED) is 0.556. The maximum Gasteiger partial charge on any atom is 0.252 e. The fourth-order valence-corrected chi connectivity index (χ4v) is 5.15. The molecule has 34 heavy (non-hydrogen) atoms. The van der Waals surface area contributed by atoms with Crippen LogP contribution < -0.4 is 16.2 Å². The minimum absolute atomic E-state index is 0.00507. The molecule has 5 heterocycles. The van der Waals surface area contributed by atoms with Gasteiger partial charge in [-0.05, 0) is 56.3 Å². The van der Waals surface area contributed by atoms with Crippen molar-refractivity contribution in [2.24, 2.45) is 0 Å². The van der Waals surface area contributed by atoms with E-state index in [4.69, 9.17) is 5.26 Å². The molecule has 0 saturated carbocycles. The van der Waals surface area contributed by atoms with Crippen molar-refractivity contribution in [3.05, 3.63) is 58.1 Å². The number of hydrogen-bond donors (Lipinski definition) is 2. The van der Waals surface area contributed by atoms with E-state index in [-0.39, 0.29) is 11.5 Å². The Kier molecular flexibility index (Phi) is 6.58. The summed E-state index contributed by atoms with van der Waals surface area (Å²) in [7, 11) is 0. The fourth-order valence-electron chi connectivity index (χ4n) is 4.39. The predicted octanol–water partition coefficient (Wildman–Crippen LogP) is 1.96. The van der Waals surface area contributed by atoms with Gasteiger partial charge in [-0.15, -0.1) is 11.8 Å². The van der Waals surface area contributed by atoms with E-state index < -0.39 is 0 Å². The van der Waals surface area contributed by atoms with Crippen molar-refractivity contribution in [3.63, 3.8) is 0 Å². The normalized spacial score (nSPS) is 16.7. The van der Waals surface area contributed by atoms with Gasteiger partial charge in [0.25, 0.3) is 5.56 Å². The van der Waals surface area contributed by atoms with E-state index in [2.05, 4.69) is 25.5 Å². The van der Waals surface area contributed by atoms with Gasteiger partial charge in [0.1, 0.15) is 23.2 Å². The third-order valence-electron chi connectivity index (χ3n) is 6.28. The lowest BCUT2D eigenvalue weighted by Gasteiger charge is -2.32. The molecule has 2 aliphatic heterocycles. The van der Waals surface area contributed by atoms with Crippen LogP contribution in [0.25, 0.3) is 11.0 Å². The van der Waals surface area contributed by atoms with E-state index in [1.54, 1.807) is 22.8 Å². The SMILES string of the molecule is N#Cc1ccc2ccc(=O)n(CCN3CCC(NCc4ccc5c(n4)NC(=O)CS5)CC3)c2n1. The van der Waals surface area contributed by atoms with E-state index in [9.17, 15) is 9.59 Å². The van der Waals surface area contributed by atoms with Crippen LogP contribution in [0, 0.1) is 11.3 Å². The number of thioether (sulfide) groups is 1. The summed E-state index contributed by atoms with van der Waals surface area (Å²) >= 11 is 1.52. The van der Waals surface area contributed by atoms with E-state index >= 15 is 0 Å². The topological polar surface area (TPSA) is 116 Å². The molecule has 3 aromatic rings. The van der Waals surface area contributed by atoms with Crippen LogP contribution in [0.4, 0.5) is 5.82 Å². The lowest BCUT2D eigenvalue weighted by atomic mass is 10.0. The van der Waals surface area contributed by atoms with Gasteiger partial charge in [-0.25, -0.2) is 9.97 Å². The van der Waals surface area contributed by atoms with E-state index in [0.717, 1.165) is 48.5 Å². The van der Waals surface area contributed by atoms with Crippen molar-refractivity contribution < 1.29 is 4.79 Å². The highest BCUT2D eigenvalue weighted by Crippen LogP contribution is 2.29. The van der Waals surface area contributed by atoms with Crippen molar-refractivity contribution >= 4 is 34.5 Å². The number of nitrogens with zero attached hydrogens (tertiary/aromatic N) is 5.